The van der Waals surface area contributed by atoms with Crippen LogP contribution in [0, 0.1) is 5.82 Å². The predicted molar refractivity (Wildman–Crippen MR) is 58.3 cm³/mol. The molecule has 4 heteroatoms. The van der Waals surface area contributed by atoms with E-state index in [-0.39, 0.29) is 11.7 Å². The first-order chi connectivity index (χ1) is 7.74. The molecule has 1 heterocycles. The summed E-state index contributed by atoms with van der Waals surface area (Å²) in [7, 11) is 0. The lowest BCUT2D eigenvalue weighted by Crippen LogP contribution is -1.90. The Hall–Kier alpha value is -1.84. The number of halogens is 1. The molecule has 0 fully saturated rings. The number of hydrogen-bond donors (Lipinski definition) is 1. The highest BCUT2D eigenvalue weighted by molar-refractivity contribution is 5.64. The van der Waals surface area contributed by atoms with Gasteiger partial charge in [0.05, 0.1) is 0 Å². The number of anilines is 1. The zero-order valence-electron chi connectivity index (χ0n) is 8.66. The lowest BCUT2D eigenvalue weighted by Gasteiger charge is -2.03. The third-order valence-electron chi connectivity index (χ3n) is 2.99. The van der Waals surface area contributed by atoms with Gasteiger partial charge in [0, 0.05) is 11.6 Å². The molecule has 1 aromatic heterocycles. The maximum absolute atomic E-state index is 13.8. The van der Waals surface area contributed by atoms with E-state index < -0.39 is 0 Å². The Kier molecular flexibility index (Phi) is 1.96. The highest BCUT2D eigenvalue weighted by Crippen LogP contribution is 2.30. The van der Waals surface area contributed by atoms with Crippen LogP contribution in [-0.4, -0.2) is 5.16 Å². The number of nitrogens with two attached hydrogens (primary N) is 1. The van der Waals surface area contributed by atoms with Crippen molar-refractivity contribution in [1.82, 2.24) is 5.16 Å². The average molecular weight is 218 g/mol. The molecule has 0 atom stereocenters. The highest BCUT2D eigenvalue weighted by Gasteiger charge is 2.17. The molecule has 3 rings (SSSR count). The van der Waals surface area contributed by atoms with Crippen molar-refractivity contribution in [1.29, 1.82) is 0 Å². The molecule has 0 unspecified atom stereocenters. The van der Waals surface area contributed by atoms with Crippen LogP contribution in [0.25, 0.3) is 11.3 Å². The number of rotatable bonds is 1. The molecule has 2 N–H and O–H groups in total. The van der Waals surface area contributed by atoms with Crippen LogP contribution in [0.15, 0.2) is 22.7 Å². The standard InChI is InChI=1S/C12H11FN2O/c13-10-5-8-3-1-2-7(8)4-9(10)11-6-12(14)16-15-11/h4-6H,1-3,14H2. The molecule has 2 aromatic rings. The fourth-order valence-electron chi connectivity index (χ4n) is 2.21. The summed E-state index contributed by atoms with van der Waals surface area (Å²) in [4.78, 5) is 0. The highest BCUT2D eigenvalue weighted by atomic mass is 19.1. The second-order valence-corrected chi connectivity index (χ2v) is 4.07. The summed E-state index contributed by atoms with van der Waals surface area (Å²) < 4.78 is 18.6. The summed E-state index contributed by atoms with van der Waals surface area (Å²) in [6, 6.07) is 5.00. The van der Waals surface area contributed by atoms with Crippen molar-refractivity contribution >= 4 is 5.88 Å². The normalized spacial score (nSPS) is 14.1. The van der Waals surface area contributed by atoms with Crippen LogP contribution in [-0.2, 0) is 12.8 Å². The molecule has 0 amide bonds. The number of fused-ring (bicyclic) bond motifs is 1. The monoisotopic (exact) mass is 218 g/mol. The molecule has 1 aliphatic carbocycles. The van der Waals surface area contributed by atoms with Crippen molar-refractivity contribution in [3.8, 4) is 11.3 Å². The Morgan fingerprint density at radius 2 is 1.94 bits per heavy atom. The molecule has 82 valence electrons. The quantitative estimate of drug-likeness (QED) is 0.800. The molecule has 0 saturated heterocycles. The van der Waals surface area contributed by atoms with E-state index >= 15 is 0 Å². The van der Waals surface area contributed by atoms with Gasteiger partial charge >= 0.3 is 0 Å². The summed E-state index contributed by atoms with van der Waals surface area (Å²) in [6.45, 7) is 0. The molecule has 0 bridgehead atoms. The van der Waals surface area contributed by atoms with Gasteiger partial charge in [0.15, 0.2) is 0 Å². The number of aromatic nitrogens is 1. The number of nitrogens with zero attached hydrogens (tertiary/aromatic N) is 1. The Bertz CT molecular complexity index is 548. The second kappa shape index (κ2) is 3.33. The fraction of sp³-hybridized carbons (Fsp3) is 0.250. The summed E-state index contributed by atoms with van der Waals surface area (Å²) in [6.07, 6.45) is 3.07. The average Bonchev–Trinajstić information content (AvgIpc) is 2.84. The molecule has 1 aromatic carbocycles. The van der Waals surface area contributed by atoms with E-state index in [1.165, 1.54) is 5.56 Å². The molecule has 0 spiro atoms. The van der Waals surface area contributed by atoms with Crippen LogP contribution >= 0.6 is 0 Å². The van der Waals surface area contributed by atoms with Crippen molar-refractivity contribution in [3.05, 3.63) is 35.1 Å². The fourth-order valence-corrected chi connectivity index (χ4v) is 2.21. The maximum Gasteiger partial charge on any atom is 0.222 e. The van der Waals surface area contributed by atoms with Gasteiger partial charge in [0.2, 0.25) is 5.88 Å². The first-order valence-electron chi connectivity index (χ1n) is 5.28. The SMILES string of the molecule is Nc1cc(-c2cc3c(cc2F)CCC3)no1. The lowest BCUT2D eigenvalue weighted by atomic mass is 10.0. The van der Waals surface area contributed by atoms with Crippen LogP contribution in [0.4, 0.5) is 10.3 Å². The molecule has 0 aliphatic heterocycles. The van der Waals surface area contributed by atoms with Crippen LogP contribution < -0.4 is 5.73 Å². The van der Waals surface area contributed by atoms with Gasteiger partial charge in [0.1, 0.15) is 11.5 Å². The third-order valence-corrected chi connectivity index (χ3v) is 2.99. The molecule has 3 nitrogen and oxygen atoms in total. The zero-order valence-corrected chi connectivity index (χ0v) is 8.66. The van der Waals surface area contributed by atoms with Crippen LogP contribution in [0.1, 0.15) is 17.5 Å². The van der Waals surface area contributed by atoms with Gasteiger partial charge in [-0.25, -0.2) is 4.39 Å². The van der Waals surface area contributed by atoms with E-state index in [2.05, 4.69) is 5.16 Å². The predicted octanol–water partition coefficient (Wildman–Crippen LogP) is 2.55. The van der Waals surface area contributed by atoms with Crippen molar-refractivity contribution in [3.63, 3.8) is 0 Å². The van der Waals surface area contributed by atoms with Gasteiger partial charge in [-0.1, -0.05) is 5.16 Å². The van der Waals surface area contributed by atoms with E-state index in [0.29, 0.717) is 11.3 Å². The van der Waals surface area contributed by atoms with Gasteiger partial charge in [-0.3, -0.25) is 0 Å². The largest absolute Gasteiger partial charge is 0.368 e. The smallest absolute Gasteiger partial charge is 0.222 e. The molecule has 16 heavy (non-hydrogen) atoms. The minimum absolute atomic E-state index is 0.204. The Morgan fingerprint density at radius 1 is 1.19 bits per heavy atom. The van der Waals surface area contributed by atoms with Gasteiger partial charge in [0.25, 0.3) is 0 Å². The topological polar surface area (TPSA) is 52.0 Å². The Balaban J connectivity index is 2.14. The number of nitrogen functional groups attached to an aromatic ring is 1. The molecule has 1 aliphatic rings. The van der Waals surface area contributed by atoms with Crippen molar-refractivity contribution in [2.45, 2.75) is 19.3 Å². The molecular formula is C12H11FN2O. The van der Waals surface area contributed by atoms with E-state index in [9.17, 15) is 4.39 Å². The molecule has 0 radical (unpaired) electrons. The summed E-state index contributed by atoms with van der Waals surface area (Å²) in [5.74, 6) is -0.0520. The molecular weight excluding hydrogens is 207 g/mol. The van der Waals surface area contributed by atoms with Gasteiger partial charge < -0.3 is 10.3 Å². The van der Waals surface area contributed by atoms with Gasteiger partial charge in [-0.15, -0.1) is 0 Å². The van der Waals surface area contributed by atoms with Crippen LogP contribution in [0.2, 0.25) is 0 Å². The van der Waals surface area contributed by atoms with E-state index in [1.807, 2.05) is 6.07 Å². The minimum atomic E-state index is -0.256. The summed E-state index contributed by atoms with van der Waals surface area (Å²) >= 11 is 0. The Labute approximate surface area is 92.0 Å². The van der Waals surface area contributed by atoms with Crippen LogP contribution in [0.3, 0.4) is 0 Å². The first-order valence-corrected chi connectivity index (χ1v) is 5.28. The second-order valence-electron chi connectivity index (χ2n) is 4.07. The summed E-state index contributed by atoms with van der Waals surface area (Å²) in [5, 5.41) is 3.73. The number of aryl methyl sites for hydroxylation is 2. The lowest BCUT2D eigenvalue weighted by molar-refractivity contribution is 0.438. The summed E-state index contributed by atoms with van der Waals surface area (Å²) in [5.41, 5.74) is 8.68. The van der Waals surface area contributed by atoms with Crippen LogP contribution in [0.5, 0.6) is 0 Å². The zero-order chi connectivity index (χ0) is 11.1. The minimum Gasteiger partial charge on any atom is -0.368 e. The third kappa shape index (κ3) is 1.38. The van der Waals surface area contributed by atoms with E-state index in [1.54, 1.807) is 12.1 Å². The Morgan fingerprint density at radius 3 is 2.62 bits per heavy atom. The van der Waals surface area contributed by atoms with E-state index in [0.717, 1.165) is 24.8 Å². The van der Waals surface area contributed by atoms with Crippen molar-refractivity contribution in [2.75, 3.05) is 5.73 Å². The maximum atomic E-state index is 13.8. The van der Waals surface area contributed by atoms with Gasteiger partial charge in [-0.05, 0) is 42.5 Å². The van der Waals surface area contributed by atoms with E-state index in [4.69, 9.17) is 10.3 Å². The first kappa shape index (κ1) is 9.39. The van der Waals surface area contributed by atoms with Gasteiger partial charge in [-0.2, -0.15) is 0 Å². The van der Waals surface area contributed by atoms with Crippen molar-refractivity contribution in [2.24, 2.45) is 0 Å². The molecule has 0 saturated carbocycles. The number of benzene rings is 1. The number of hydrogen-bond acceptors (Lipinski definition) is 3. The van der Waals surface area contributed by atoms with Crippen molar-refractivity contribution < 1.29 is 8.91 Å².